The number of benzene rings is 2. The van der Waals surface area contributed by atoms with Crippen molar-refractivity contribution in [2.45, 2.75) is 31.4 Å². The molecule has 0 aliphatic heterocycles. The Bertz CT molecular complexity index is 993. The molecule has 29 heavy (non-hydrogen) atoms. The van der Waals surface area contributed by atoms with E-state index < -0.39 is 11.4 Å². The molecule has 1 aromatic heterocycles. The zero-order valence-electron chi connectivity index (χ0n) is 16.5. The molecule has 2 aromatic carbocycles. The average molecular weight is 410 g/mol. The molecule has 0 fully saturated rings. The van der Waals surface area contributed by atoms with Crippen LogP contribution in [-0.4, -0.2) is 28.5 Å². The Hall–Kier alpha value is -2.93. The van der Waals surface area contributed by atoms with E-state index in [0.29, 0.717) is 23.0 Å². The number of hydrogen-bond donors (Lipinski definition) is 0. The fourth-order valence-electron chi connectivity index (χ4n) is 2.34. The molecule has 1 heterocycles. The molecule has 150 valence electrons. The summed E-state index contributed by atoms with van der Waals surface area (Å²) in [5, 5.41) is 4.00. The molecule has 7 heteroatoms. The van der Waals surface area contributed by atoms with E-state index in [-0.39, 0.29) is 12.4 Å². The topological polar surface area (TPSA) is 82.3 Å². The van der Waals surface area contributed by atoms with Crippen LogP contribution in [0.1, 0.15) is 37.0 Å². The fraction of sp³-hybridized carbons (Fsp3) is 0.273. The van der Waals surface area contributed by atoms with Crippen LogP contribution in [0.5, 0.6) is 0 Å². The van der Waals surface area contributed by atoms with Gasteiger partial charge in [0.25, 0.3) is 0 Å². The van der Waals surface area contributed by atoms with E-state index in [9.17, 15) is 9.59 Å². The predicted octanol–water partition coefficient (Wildman–Crippen LogP) is 4.80. The summed E-state index contributed by atoms with van der Waals surface area (Å²) in [6.45, 7) is 5.13. The van der Waals surface area contributed by atoms with Gasteiger partial charge in [0.05, 0.1) is 11.3 Å². The van der Waals surface area contributed by atoms with Crippen molar-refractivity contribution in [1.29, 1.82) is 0 Å². The number of esters is 1. The number of carbonyl (C=O) groups excluding carboxylic acids is 2. The normalized spacial score (nSPS) is 11.3. The third-order valence-corrected chi connectivity index (χ3v) is 5.19. The fourth-order valence-corrected chi connectivity index (χ4v) is 3.22. The van der Waals surface area contributed by atoms with Crippen LogP contribution in [-0.2, 0) is 15.3 Å². The number of Topliss-reactive ketones (excluding diaryl/α,β-unsaturated/α-hetero) is 1. The van der Waals surface area contributed by atoms with Crippen LogP contribution in [0.15, 0.2) is 64.0 Å². The van der Waals surface area contributed by atoms with Crippen molar-refractivity contribution in [1.82, 2.24) is 10.1 Å². The van der Waals surface area contributed by atoms with Crippen LogP contribution in [0.25, 0.3) is 11.4 Å². The molecule has 0 radical (unpaired) electrons. The van der Waals surface area contributed by atoms with Crippen LogP contribution >= 0.6 is 11.8 Å². The first kappa shape index (κ1) is 20.8. The van der Waals surface area contributed by atoms with E-state index in [1.165, 1.54) is 11.8 Å². The van der Waals surface area contributed by atoms with Crippen LogP contribution in [0.4, 0.5) is 0 Å². The lowest BCUT2D eigenvalue weighted by Gasteiger charge is -2.16. The van der Waals surface area contributed by atoms with Gasteiger partial charge in [-0.15, -0.1) is 11.8 Å². The minimum atomic E-state index is -0.553. The number of rotatable bonds is 7. The van der Waals surface area contributed by atoms with E-state index in [2.05, 4.69) is 10.1 Å². The van der Waals surface area contributed by atoms with Gasteiger partial charge in [0.2, 0.25) is 11.7 Å². The summed E-state index contributed by atoms with van der Waals surface area (Å²) in [7, 11) is 0. The van der Waals surface area contributed by atoms with Gasteiger partial charge in [0.1, 0.15) is 0 Å². The first-order chi connectivity index (χ1) is 13.8. The molecule has 3 rings (SSSR count). The zero-order chi connectivity index (χ0) is 20.9. The molecule has 0 saturated carbocycles. The maximum absolute atomic E-state index is 12.5. The van der Waals surface area contributed by atoms with Crippen molar-refractivity contribution in [3.05, 3.63) is 66.1 Å². The third kappa shape index (κ3) is 5.54. The Morgan fingerprint density at radius 1 is 1.03 bits per heavy atom. The molecule has 3 aromatic rings. The van der Waals surface area contributed by atoms with Gasteiger partial charge >= 0.3 is 5.97 Å². The van der Waals surface area contributed by atoms with Crippen molar-refractivity contribution in [3.8, 4) is 11.4 Å². The van der Waals surface area contributed by atoms with E-state index in [0.717, 1.165) is 10.5 Å². The minimum Gasteiger partial charge on any atom is -0.454 e. The van der Waals surface area contributed by atoms with Gasteiger partial charge in [-0.3, -0.25) is 4.79 Å². The number of nitrogens with zero attached hydrogens (tertiary/aromatic N) is 2. The van der Waals surface area contributed by atoms with Crippen LogP contribution in [0.2, 0.25) is 0 Å². The van der Waals surface area contributed by atoms with E-state index in [1.54, 1.807) is 32.9 Å². The number of aromatic nitrogens is 2. The molecule has 0 bridgehead atoms. The SMILES string of the molecule is CC(C)(C)C(=O)COC(=O)c1ccccc1SCc1nc(-c2ccccc2)no1. The number of ketones is 1. The van der Waals surface area contributed by atoms with Crippen molar-refractivity contribution >= 4 is 23.5 Å². The first-order valence-electron chi connectivity index (χ1n) is 9.15. The highest BCUT2D eigenvalue weighted by molar-refractivity contribution is 7.98. The smallest absolute Gasteiger partial charge is 0.339 e. The molecule has 0 saturated heterocycles. The zero-order valence-corrected chi connectivity index (χ0v) is 17.4. The molecule has 6 nitrogen and oxygen atoms in total. The summed E-state index contributed by atoms with van der Waals surface area (Å²) in [6, 6.07) is 16.6. The van der Waals surface area contributed by atoms with Crippen LogP contribution < -0.4 is 0 Å². The van der Waals surface area contributed by atoms with E-state index >= 15 is 0 Å². The molecule has 0 N–H and O–H groups in total. The lowest BCUT2D eigenvalue weighted by Crippen LogP contribution is -2.26. The first-order valence-corrected chi connectivity index (χ1v) is 10.1. The second kappa shape index (κ2) is 9.05. The van der Waals surface area contributed by atoms with Crippen molar-refractivity contribution in [2.24, 2.45) is 5.41 Å². The van der Waals surface area contributed by atoms with Crippen LogP contribution in [0.3, 0.4) is 0 Å². The summed E-state index contributed by atoms with van der Waals surface area (Å²) in [4.78, 5) is 29.6. The van der Waals surface area contributed by atoms with E-state index in [4.69, 9.17) is 9.26 Å². The lowest BCUT2D eigenvalue weighted by molar-refractivity contribution is -0.129. The van der Waals surface area contributed by atoms with Gasteiger partial charge < -0.3 is 9.26 Å². The predicted molar refractivity (Wildman–Crippen MR) is 110 cm³/mol. The number of hydrogen-bond acceptors (Lipinski definition) is 7. The second-order valence-corrected chi connectivity index (χ2v) is 8.43. The van der Waals surface area contributed by atoms with Gasteiger partial charge in [-0.1, -0.05) is 68.4 Å². The quantitative estimate of drug-likeness (QED) is 0.409. The van der Waals surface area contributed by atoms with Gasteiger partial charge in [-0.05, 0) is 12.1 Å². The molecule has 0 unspecified atom stereocenters. The monoisotopic (exact) mass is 410 g/mol. The van der Waals surface area contributed by atoms with E-state index in [1.807, 2.05) is 42.5 Å². The van der Waals surface area contributed by atoms with Gasteiger partial charge in [-0.25, -0.2) is 4.79 Å². The number of ether oxygens (including phenoxy) is 1. The van der Waals surface area contributed by atoms with Gasteiger partial charge in [0.15, 0.2) is 12.4 Å². The highest BCUT2D eigenvalue weighted by Crippen LogP contribution is 2.27. The summed E-state index contributed by atoms with van der Waals surface area (Å²) < 4.78 is 10.5. The standard InChI is InChI=1S/C22H22N2O4S/c1-22(2,3)18(25)13-27-21(26)16-11-7-8-12-17(16)29-14-19-23-20(24-28-19)15-9-5-4-6-10-15/h4-12H,13-14H2,1-3H3. The summed E-state index contributed by atoms with van der Waals surface area (Å²) in [6.07, 6.45) is 0. The summed E-state index contributed by atoms with van der Waals surface area (Å²) in [5.41, 5.74) is 0.727. The van der Waals surface area contributed by atoms with Gasteiger partial charge in [-0.2, -0.15) is 4.98 Å². The largest absolute Gasteiger partial charge is 0.454 e. The maximum Gasteiger partial charge on any atom is 0.339 e. The molecule has 0 amide bonds. The third-order valence-electron chi connectivity index (χ3n) is 4.13. The average Bonchev–Trinajstić information content (AvgIpc) is 3.19. The molecule has 0 atom stereocenters. The maximum atomic E-state index is 12.5. The number of thioether (sulfide) groups is 1. The Kier molecular flexibility index (Phi) is 6.49. The lowest BCUT2D eigenvalue weighted by atomic mass is 9.91. The number of carbonyl (C=O) groups is 2. The summed E-state index contributed by atoms with van der Waals surface area (Å²) >= 11 is 1.39. The molecular weight excluding hydrogens is 388 g/mol. The summed E-state index contributed by atoms with van der Waals surface area (Å²) in [5.74, 6) is 0.733. The molecule has 0 aliphatic carbocycles. The van der Waals surface area contributed by atoms with Crippen molar-refractivity contribution in [2.75, 3.05) is 6.61 Å². The molecular formula is C22H22N2O4S. The van der Waals surface area contributed by atoms with Crippen molar-refractivity contribution in [3.63, 3.8) is 0 Å². The minimum absolute atomic E-state index is 0.129. The highest BCUT2D eigenvalue weighted by atomic mass is 32.2. The Balaban J connectivity index is 1.64. The highest BCUT2D eigenvalue weighted by Gasteiger charge is 2.23. The Morgan fingerprint density at radius 3 is 2.45 bits per heavy atom. The van der Waals surface area contributed by atoms with Crippen LogP contribution in [0, 0.1) is 5.41 Å². The Labute approximate surface area is 173 Å². The molecule has 0 spiro atoms. The van der Waals surface area contributed by atoms with Crippen molar-refractivity contribution < 1.29 is 18.8 Å². The molecule has 0 aliphatic rings. The second-order valence-electron chi connectivity index (χ2n) is 7.41. The van der Waals surface area contributed by atoms with Gasteiger partial charge in [0, 0.05) is 15.9 Å². The Morgan fingerprint density at radius 2 is 1.72 bits per heavy atom.